The number of benzene rings is 3. The van der Waals surface area contributed by atoms with Crippen molar-refractivity contribution in [3.8, 4) is 0 Å². The Morgan fingerprint density at radius 1 is 0.974 bits per heavy atom. The maximum Gasteiger partial charge on any atom is 0.255 e. The highest BCUT2D eigenvalue weighted by Crippen LogP contribution is 2.24. The molecule has 8 nitrogen and oxygen atoms in total. The van der Waals surface area contributed by atoms with Gasteiger partial charge < -0.3 is 15.4 Å². The number of rotatable bonds is 9. The molecule has 0 saturated carbocycles. The van der Waals surface area contributed by atoms with Crippen molar-refractivity contribution in [1.82, 2.24) is 5.32 Å². The van der Waals surface area contributed by atoms with Gasteiger partial charge in [0.1, 0.15) is 0 Å². The van der Waals surface area contributed by atoms with Crippen LogP contribution in [-0.2, 0) is 21.3 Å². The number of sulfonamides is 1. The van der Waals surface area contributed by atoms with E-state index in [2.05, 4.69) is 10.6 Å². The van der Waals surface area contributed by atoms with E-state index in [4.69, 9.17) is 4.74 Å². The molecule has 0 aromatic heterocycles. The van der Waals surface area contributed by atoms with Crippen LogP contribution in [0.1, 0.15) is 50.2 Å². The Labute approximate surface area is 224 Å². The van der Waals surface area contributed by atoms with Crippen molar-refractivity contribution < 1.29 is 22.7 Å². The second-order valence-corrected chi connectivity index (χ2v) is 11.5. The van der Waals surface area contributed by atoms with Gasteiger partial charge in [0.15, 0.2) is 0 Å². The van der Waals surface area contributed by atoms with Gasteiger partial charge in [-0.3, -0.25) is 13.9 Å². The van der Waals surface area contributed by atoms with Gasteiger partial charge in [0.05, 0.1) is 35.8 Å². The fourth-order valence-corrected chi connectivity index (χ4v) is 5.18. The summed E-state index contributed by atoms with van der Waals surface area (Å²) >= 11 is 0. The van der Waals surface area contributed by atoms with Crippen molar-refractivity contribution in [3.63, 3.8) is 0 Å². The number of amides is 2. The van der Waals surface area contributed by atoms with Crippen LogP contribution in [0, 0.1) is 13.8 Å². The van der Waals surface area contributed by atoms with Gasteiger partial charge in [-0.1, -0.05) is 30.3 Å². The Morgan fingerprint density at radius 3 is 2.37 bits per heavy atom. The first kappa shape index (κ1) is 27.3. The predicted molar refractivity (Wildman–Crippen MR) is 149 cm³/mol. The van der Waals surface area contributed by atoms with E-state index in [1.807, 2.05) is 26.0 Å². The minimum absolute atomic E-state index is 0.0212. The largest absolute Gasteiger partial charge is 0.376 e. The highest BCUT2D eigenvalue weighted by molar-refractivity contribution is 7.92. The molecule has 0 spiro atoms. The van der Waals surface area contributed by atoms with Crippen molar-refractivity contribution in [3.05, 3.63) is 94.5 Å². The predicted octanol–water partition coefficient (Wildman–Crippen LogP) is 4.43. The lowest BCUT2D eigenvalue weighted by Crippen LogP contribution is -2.32. The van der Waals surface area contributed by atoms with E-state index in [0.717, 1.165) is 29.5 Å². The maximum atomic E-state index is 13.0. The summed E-state index contributed by atoms with van der Waals surface area (Å²) in [5.74, 6) is -0.649. The van der Waals surface area contributed by atoms with Gasteiger partial charge in [0.2, 0.25) is 10.0 Å². The third-order valence-corrected chi connectivity index (χ3v) is 7.80. The molecular formula is C29H33N3O5S. The van der Waals surface area contributed by atoms with Crippen LogP contribution in [0.25, 0.3) is 0 Å². The van der Waals surface area contributed by atoms with Crippen LogP contribution in [0.4, 0.5) is 11.4 Å². The molecule has 38 heavy (non-hydrogen) atoms. The normalized spacial score (nSPS) is 15.2. The zero-order valence-electron chi connectivity index (χ0n) is 21.9. The molecule has 1 aliphatic heterocycles. The fourth-order valence-electron chi connectivity index (χ4n) is 4.30. The topological polar surface area (TPSA) is 105 Å². The van der Waals surface area contributed by atoms with Crippen molar-refractivity contribution >= 4 is 33.2 Å². The van der Waals surface area contributed by atoms with Crippen LogP contribution in [0.15, 0.2) is 66.7 Å². The summed E-state index contributed by atoms with van der Waals surface area (Å²) in [6.45, 7) is 5.19. The zero-order valence-corrected chi connectivity index (χ0v) is 22.7. The van der Waals surface area contributed by atoms with E-state index in [1.54, 1.807) is 54.6 Å². The molecule has 3 aromatic carbocycles. The molecule has 0 aliphatic carbocycles. The number of para-hydroxylation sites is 1. The lowest BCUT2D eigenvalue weighted by molar-refractivity contribution is 0.0858. The number of hydrogen-bond donors (Lipinski definition) is 2. The van der Waals surface area contributed by atoms with Gasteiger partial charge in [-0.15, -0.1) is 0 Å². The molecule has 200 valence electrons. The van der Waals surface area contributed by atoms with E-state index in [9.17, 15) is 18.0 Å². The quantitative estimate of drug-likeness (QED) is 0.422. The minimum atomic E-state index is -3.53. The molecule has 9 heteroatoms. The molecule has 0 bridgehead atoms. The first-order chi connectivity index (χ1) is 18.1. The first-order valence-electron chi connectivity index (χ1n) is 12.6. The van der Waals surface area contributed by atoms with Crippen molar-refractivity contribution in [2.24, 2.45) is 0 Å². The van der Waals surface area contributed by atoms with Crippen LogP contribution >= 0.6 is 0 Å². The Kier molecular flexibility index (Phi) is 8.48. The summed E-state index contributed by atoms with van der Waals surface area (Å²) in [6, 6.07) is 19.1. The lowest BCUT2D eigenvalue weighted by atomic mass is 10.1. The number of anilines is 2. The van der Waals surface area contributed by atoms with E-state index in [1.165, 1.54) is 10.6 Å². The van der Waals surface area contributed by atoms with Crippen LogP contribution in [0.5, 0.6) is 0 Å². The maximum absolute atomic E-state index is 13.0. The first-order valence-corrected chi connectivity index (χ1v) is 14.4. The molecule has 0 unspecified atom stereocenters. The third kappa shape index (κ3) is 6.79. The fraction of sp³-hybridized carbons (Fsp3) is 0.310. The molecule has 0 radical (unpaired) electrons. The summed E-state index contributed by atoms with van der Waals surface area (Å²) in [6.07, 6.45) is 3.11. The monoisotopic (exact) mass is 535 g/mol. The van der Waals surface area contributed by atoms with Gasteiger partial charge in [-0.05, 0) is 79.8 Å². The second kappa shape index (κ2) is 11.8. The smallest absolute Gasteiger partial charge is 0.255 e. The average molecular weight is 536 g/mol. The van der Waals surface area contributed by atoms with Crippen LogP contribution in [-0.4, -0.2) is 45.7 Å². The minimum Gasteiger partial charge on any atom is -0.376 e. The second-order valence-electron chi connectivity index (χ2n) is 9.58. The van der Waals surface area contributed by atoms with Crippen LogP contribution in [0.2, 0.25) is 0 Å². The Hall–Kier alpha value is -3.69. The van der Waals surface area contributed by atoms with Crippen LogP contribution < -0.4 is 14.9 Å². The van der Waals surface area contributed by atoms with Crippen molar-refractivity contribution in [2.75, 3.05) is 29.0 Å². The van der Waals surface area contributed by atoms with Crippen LogP contribution in [0.3, 0.4) is 0 Å². The highest BCUT2D eigenvalue weighted by Gasteiger charge is 2.20. The SMILES string of the molecule is Cc1ccc(N(Cc2ccc(C(=O)Nc3ccccc3C(=O)NC[C@H]3CCCO3)cc2)S(C)(=O)=O)cc1C. The molecule has 1 fully saturated rings. The number of carbonyl (C=O) groups excluding carboxylic acids is 2. The molecule has 1 atom stereocenters. The van der Waals surface area contributed by atoms with Crippen molar-refractivity contribution in [1.29, 1.82) is 0 Å². The number of ether oxygens (including phenoxy) is 1. The molecule has 1 saturated heterocycles. The molecule has 2 N–H and O–H groups in total. The summed E-state index contributed by atoms with van der Waals surface area (Å²) < 4.78 is 32.0. The standard InChI is InChI=1S/C29H33N3O5S/c1-20-10-15-24(17-21(20)2)32(38(3,35)36)19-22-11-13-23(14-12-22)28(33)31-27-9-5-4-8-26(27)29(34)30-18-25-7-6-16-37-25/h4-5,8-15,17,25H,6-7,16,18-19H2,1-3H3,(H,30,34)(H,31,33)/t25-/m1/s1. The van der Waals surface area contributed by atoms with E-state index < -0.39 is 10.0 Å². The number of nitrogens with one attached hydrogen (secondary N) is 2. The molecule has 3 aromatic rings. The van der Waals surface area contributed by atoms with Gasteiger partial charge in [-0.2, -0.15) is 0 Å². The van der Waals surface area contributed by atoms with Gasteiger partial charge in [0, 0.05) is 18.7 Å². The summed E-state index contributed by atoms with van der Waals surface area (Å²) in [7, 11) is -3.53. The number of aryl methyl sites for hydroxylation is 2. The Morgan fingerprint density at radius 2 is 1.71 bits per heavy atom. The van der Waals surface area contributed by atoms with E-state index in [-0.39, 0.29) is 24.5 Å². The summed E-state index contributed by atoms with van der Waals surface area (Å²) in [4.78, 5) is 25.7. The van der Waals surface area contributed by atoms with Gasteiger partial charge in [-0.25, -0.2) is 8.42 Å². The lowest BCUT2D eigenvalue weighted by Gasteiger charge is -2.23. The van der Waals surface area contributed by atoms with E-state index >= 15 is 0 Å². The zero-order chi connectivity index (χ0) is 27.3. The average Bonchev–Trinajstić information content (AvgIpc) is 3.41. The summed E-state index contributed by atoms with van der Waals surface area (Å²) in [5, 5.41) is 5.70. The molecule has 1 aliphatic rings. The third-order valence-electron chi connectivity index (χ3n) is 6.66. The molecular weight excluding hydrogens is 502 g/mol. The highest BCUT2D eigenvalue weighted by atomic mass is 32.2. The summed E-state index contributed by atoms with van der Waals surface area (Å²) in [5.41, 5.74) is 4.58. The Balaban J connectivity index is 1.44. The van der Waals surface area contributed by atoms with Gasteiger partial charge >= 0.3 is 0 Å². The number of carbonyl (C=O) groups is 2. The van der Waals surface area contributed by atoms with Crippen molar-refractivity contribution in [2.45, 2.75) is 39.3 Å². The van der Waals surface area contributed by atoms with E-state index in [0.29, 0.717) is 35.7 Å². The number of hydrogen-bond acceptors (Lipinski definition) is 5. The molecule has 1 heterocycles. The number of nitrogens with zero attached hydrogens (tertiary/aromatic N) is 1. The Bertz CT molecular complexity index is 1410. The molecule has 4 rings (SSSR count). The molecule has 2 amide bonds. The van der Waals surface area contributed by atoms with Gasteiger partial charge in [0.25, 0.3) is 11.8 Å².